The molecule has 0 spiro atoms. The molecule has 0 aliphatic carbocycles. The number of amides is 2. The summed E-state index contributed by atoms with van der Waals surface area (Å²) in [5.41, 5.74) is 6.20. The summed E-state index contributed by atoms with van der Waals surface area (Å²) in [5.74, 6) is -1.16. The fourth-order valence-electron chi connectivity index (χ4n) is 2.84. The van der Waals surface area contributed by atoms with E-state index >= 15 is 0 Å². The first-order valence-electron chi connectivity index (χ1n) is 8.40. The summed E-state index contributed by atoms with van der Waals surface area (Å²) in [6, 6.07) is 11.6. The molecular weight excluding hydrogens is 333 g/mol. The van der Waals surface area contributed by atoms with Gasteiger partial charge in [-0.05, 0) is 54.8 Å². The maximum Gasteiger partial charge on any atom is 0.245 e. The fraction of sp³-hybridized carbons (Fsp3) is 0.250. The van der Waals surface area contributed by atoms with Gasteiger partial charge in [0.05, 0.1) is 12.1 Å². The summed E-state index contributed by atoms with van der Waals surface area (Å²) in [5, 5.41) is 3.89. The SMILES string of the molecule is Cc1ccc(N2C[C@H](C(=O)N/N=C\c3ccc(F)cc3)CC2=O)cc1C. The molecule has 2 aromatic rings. The van der Waals surface area contributed by atoms with Crippen LogP contribution in [0.3, 0.4) is 0 Å². The monoisotopic (exact) mass is 353 g/mol. The molecule has 1 aliphatic heterocycles. The third kappa shape index (κ3) is 3.96. The topological polar surface area (TPSA) is 61.8 Å². The van der Waals surface area contributed by atoms with Crippen molar-refractivity contribution in [1.29, 1.82) is 0 Å². The van der Waals surface area contributed by atoms with Gasteiger partial charge >= 0.3 is 0 Å². The highest BCUT2D eigenvalue weighted by Gasteiger charge is 2.35. The average Bonchev–Trinajstić information content (AvgIpc) is 3.01. The van der Waals surface area contributed by atoms with Gasteiger partial charge in [-0.2, -0.15) is 5.10 Å². The molecule has 2 aromatic carbocycles. The number of aryl methyl sites for hydroxylation is 2. The van der Waals surface area contributed by atoms with Gasteiger partial charge in [0.25, 0.3) is 0 Å². The van der Waals surface area contributed by atoms with Gasteiger partial charge in [0, 0.05) is 18.7 Å². The largest absolute Gasteiger partial charge is 0.312 e. The Hall–Kier alpha value is -3.02. The second-order valence-corrected chi connectivity index (χ2v) is 6.46. The van der Waals surface area contributed by atoms with E-state index in [2.05, 4.69) is 10.5 Å². The number of carbonyl (C=O) groups is 2. The van der Waals surface area contributed by atoms with E-state index in [0.29, 0.717) is 12.1 Å². The van der Waals surface area contributed by atoms with Crippen LogP contribution in [0.25, 0.3) is 0 Å². The van der Waals surface area contributed by atoms with E-state index in [1.54, 1.807) is 17.0 Å². The molecule has 0 radical (unpaired) electrons. The second kappa shape index (κ2) is 7.47. The van der Waals surface area contributed by atoms with Gasteiger partial charge < -0.3 is 4.90 Å². The second-order valence-electron chi connectivity index (χ2n) is 6.46. The molecule has 3 rings (SSSR count). The molecular formula is C20H20FN3O2. The van der Waals surface area contributed by atoms with Crippen molar-refractivity contribution >= 4 is 23.7 Å². The molecule has 1 heterocycles. The van der Waals surface area contributed by atoms with Crippen LogP contribution in [0.2, 0.25) is 0 Å². The highest BCUT2D eigenvalue weighted by Crippen LogP contribution is 2.26. The zero-order valence-electron chi connectivity index (χ0n) is 14.7. The van der Waals surface area contributed by atoms with E-state index in [9.17, 15) is 14.0 Å². The van der Waals surface area contributed by atoms with Crippen LogP contribution in [0.15, 0.2) is 47.6 Å². The average molecular weight is 353 g/mol. The third-order valence-corrected chi connectivity index (χ3v) is 4.56. The number of rotatable bonds is 4. The number of nitrogens with zero attached hydrogens (tertiary/aromatic N) is 2. The molecule has 26 heavy (non-hydrogen) atoms. The Labute approximate surface area is 151 Å². The van der Waals surface area contributed by atoms with Crippen LogP contribution >= 0.6 is 0 Å². The van der Waals surface area contributed by atoms with Crippen LogP contribution in [0.1, 0.15) is 23.1 Å². The maximum absolute atomic E-state index is 12.9. The fourth-order valence-corrected chi connectivity index (χ4v) is 2.84. The van der Waals surface area contributed by atoms with E-state index in [1.807, 2.05) is 32.0 Å². The molecule has 0 saturated carbocycles. The van der Waals surface area contributed by atoms with E-state index in [1.165, 1.54) is 18.3 Å². The van der Waals surface area contributed by atoms with Crippen molar-refractivity contribution in [3.63, 3.8) is 0 Å². The number of benzene rings is 2. The van der Waals surface area contributed by atoms with E-state index in [0.717, 1.165) is 16.8 Å². The highest BCUT2D eigenvalue weighted by atomic mass is 19.1. The molecule has 6 heteroatoms. The molecule has 1 aliphatic rings. The molecule has 2 amide bonds. The predicted octanol–water partition coefficient (Wildman–Crippen LogP) is 2.95. The normalized spacial score (nSPS) is 17.1. The first-order valence-corrected chi connectivity index (χ1v) is 8.40. The van der Waals surface area contributed by atoms with Gasteiger partial charge in [0.15, 0.2) is 0 Å². The molecule has 0 bridgehead atoms. The minimum absolute atomic E-state index is 0.0732. The van der Waals surface area contributed by atoms with Crippen LogP contribution in [-0.2, 0) is 9.59 Å². The Kier molecular flexibility index (Phi) is 5.11. The first kappa shape index (κ1) is 17.8. The lowest BCUT2D eigenvalue weighted by Crippen LogP contribution is -2.30. The molecule has 5 nitrogen and oxygen atoms in total. The Bertz CT molecular complexity index is 862. The van der Waals surface area contributed by atoms with Gasteiger partial charge in [-0.15, -0.1) is 0 Å². The van der Waals surface area contributed by atoms with Crippen LogP contribution in [0.4, 0.5) is 10.1 Å². The lowest BCUT2D eigenvalue weighted by molar-refractivity contribution is -0.126. The smallest absolute Gasteiger partial charge is 0.245 e. The zero-order valence-corrected chi connectivity index (χ0v) is 14.7. The molecule has 1 saturated heterocycles. The molecule has 0 aromatic heterocycles. The van der Waals surface area contributed by atoms with E-state index in [4.69, 9.17) is 0 Å². The number of halogens is 1. The van der Waals surface area contributed by atoms with Crippen molar-refractivity contribution in [2.75, 3.05) is 11.4 Å². The number of hydrazone groups is 1. The third-order valence-electron chi connectivity index (χ3n) is 4.56. The maximum atomic E-state index is 12.9. The molecule has 1 N–H and O–H groups in total. The number of nitrogens with one attached hydrogen (secondary N) is 1. The lowest BCUT2D eigenvalue weighted by Gasteiger charge is -2.17. The summed E-state index contributed by atoms with van der Waals surface area (Å²) < 4.78 is 12.9. The lowest BCUT2D eigenvalue weighted by atomic mass is 10.1. The van der Waals surface area contributed by atoms with Crippen molar-refractivity contribution in [2.24, 2.45) is 11.0 Å². The van der Waals surface area contributed by atoms with Gasteiger partial charge in [-0.25, -0.2) is 9.82 Å². The number of hydrogen-bond acceptors (Lipinski definition) is 3. The Morgan fingerprint density at radius 3 is 2.62 bits per heavy atom. The Morgan fingerprint density at radius 1 is 1.19 bits per heavy atom. The van der Waals surface area contributed by atoms with Gasteiger partial charge in [0.2, 0.25) is 11.8 Å². The zero-order chi connectivity index (χ0) is 18.7. The van der Waals surface area contributed by atoms with Crippen LogP contribution < -0.4 is 10.3 Å². The summed E-state index contributed by atoms with van der Waals surface area (Å²) in [6.07, 6.45) is 1.60. The van der Waals surface area contributed by atoms with Crippen LogP contribution in [0, 0.1) is 25.6 Å². The van der Waals surface area contributed by atoms with Gasteiger partial charge in [0.1, 0.15) is 5.82 Å². The Morgan fingerprint density at radius 2 is 1.92 bits per heavy atom. The summed E-state index contributed by atoms with van der Waals surface area (Å²) in [4.78, 5) is 26.2. The minimum Gasteiger partial charge on any atom is -0.312 e. The van der Waals surface area contributed by atoms with Crippen LogP contribution in [-0.4, -0.2) is 24.6 Å². The van der Waals surface area contributed by atoms with E-state index in [-0.39, 0.29) is 24.1 Å². The summed E-state index contributed by atoms with van der Waals surface area (Å²) in [6.45, 7) is 4.34. The van der Waals surface area contributed by atoms with Crippen molar-refractivity contribution in [3.8, 4) is 0 Å². The summed E-state index contributed by atoms with van der Waals surface area (Å²) >= 11 is 0. The number of hydrogen-bond donors (Lipinski definition) is 1. The predicted molar refractivity (Wildman–Crippen MR) is 98.5 cm³/mol. The van der Waals surface area contributed by atoms with Gasteiger partial charge in [-0.3, -0.25) is 9.59 Å². The Balaban J connectivity index is 1.61. The first-order chi connectivity index (χ1) is 12.4. The standard InChI is InChI=1S/C20H20FN3O2/c1-13-3-8-18(9-14(13)2)24-12-16(10-19(24)25)20(26)23-22-11-15-4-6-17(21)7-5-15/h3-9,11,16H,10,12H2,1-2H3,(H,23,26)/b22-11-/t16-/m1/s1. The molecule has 1 atom stereocenters. The molecule has 134 valence electrons. The minimum atomic E-state index is -0.450. The van der Waals surface area contributed by atoms with Crippen molar-refractivity contribution in [1.82, 2.24) is 5.43 Å². The number of carbonyl (C=O) groups excluding carboxylic acids is 2. The van der Waals surface area contributed by atoms with Crippen molar-refractivity contribution in [3.05, 3.63) is 65.0 Å². The van der Waals surface area contributed by atoms with E-state index < -0.39 is 5.92 Å². The quantitative estimate of drug-likeness (QED) is 0.679. The molecule has 0 unspecified atom stereocenters. The highest BCUT2D eigenvalue weighted by molar-refractivity contribution is 6.00. The van der Waals surface area contributed by atoms with Gasteiger partial charge in [-0.1, -0.05) is 18.2 Å². The van der Waals surface area contributed by atoms with Crippen molar-refractivity contribution < 1.29 is 14.0 Å². The molecule has 1 fully saturated rings. The van der Waals surface area contributed by atoms with Crippen LogP contribution in [0.5, 0.6) is 0 Å². The summed E-state index contributed by atoms with van der Waals surface area (Å²) in [7, 11) is 0. The van der Waals surface area contributed by atoms with Crippen molar-refractivity contribution in [2.45, 2.75) is 20.3 Å². The number of anilines is 1.